The average Bonchev–Trinajstić information content (AvgIpc) is 3.32. The second-order valence-corrected chi connectivity index (χ2v) is 8.94. The highest BCUT2D eigenvalue weighted by Gasteiger charge is 2.28. The topological polar surface area (TPSA) is 105 Å². The summed E-state index contributed by atoms with van der Waals surface area (Å²) < 4.78 is 0. The van der Waals surface area contributed by atoms with Crippen LogP contribution < -0.4 is 10.6 Å². The quantitative estimate of drug-likeness (QED) is 0.424. The molecule has 0 bridgehead atoms. The third kappa shape index (κ3) is 6.30. The maximum atomic E-state index is 13.1. The van der Waals surface area contributed by atoms with Gasteiger partial charge in [0.05, 0.1) is 21.6 Å². The molecule has 1 aliphatic rings. The van der Waals surface area contributed by atoms with E-state index in [1.807, 2.05) is 32.0 Å². The second kappa shape index (κ2) is 11.2. The highest BCUT2D eigenvalue weighted by molar-refractivity contribution is 6.34. The van der Waals surface area contributed by atoms with Gasteiger partial charge in [0, 0.05) is 18.7 Å². The molecule has 1 aliphatic heterocycles. The molecular formula is C24H29ClN4O4. The highest BCUT2D eigenvalue weighted by atomic mass is 35.5. The van der Waals surface area contributed by atoms with E-state index >= 15 is 0 Å². The molecule has 2 unspecified atom stereocenters. The van der Waals surface area contributed by atoms with Gasteiger partial charge in [-0.1, -0.05) is 55.8 Å². The van der Waals surface area contributed by atoms with E-state index in [9.17, 15) is 19.7 Å². The zero-order valence-corrected chi connectivity index (χ0v) is 19.5. The largest absolute Gasteiger partial charge is 0.352 e. The van der Waals surface area contributed by atoms with Gasteiger partial charge in [0.25, 0.3) is 11.6 Å². The van der Waals surface area contributed by atoms with Gasteiger partial charge in [-0.25, -0.2) is 0 Å². The minimum absolute atomic E-state index is 0.0391. The molecule has 2 aromatic rings. The van der Waals surface area contributed by atoms with Crippen molar-refractivity contribution >= 4 is 29.1 Å². The first-order valence-corrected chi connectivity index (χ1v) is 11.5. The molecule has 33 heavy (non-hydrogen) atoms. The zero-order valence-electron chi connectivity index (χ0n) is 18.8. The van der Waals surface area contributed by atoms with Gasteiger partial charge in [-0.15, -0.1) is 0 Å². The number of nitrogens with zero attached hydrogens (tertiary/aromatic N) is 2. The summed E-state index contributed by atoms with van der Waals surface area (Å²) >= 11 is 6.08. The number of non-ortho nitro benzene ring substituents is 1. The average molecular weight is 473 g/mol. The van der Waals surface area contributed by atoms with Crippen molar-refractivity contribution in [2.24, 2.45) is 5.92 Å². The van der Waals surface area contributed by atoms with E-state index < -0.39 is 16.9 Å². The predicted octanol–water partition coefficient (Wildman–Crippen LogP) is 3.96. The monoisotopic (exact) mass is 472 g/mol. The van der Waals surface area contributed by atoms with Gasteiger partial charge in [0.15, 0.2) is 0 Å². The summed E-state index contributed by atoms with van der Waals surface area (Å²) in [6.45, 7) is 6.09. The molecule has 176 valence electrons. The molecule has 1 saturated heterocycles. The maximum Gasteiger partial charge on any atom is 0.270 e. The van der Waals surface area contributed by atoms with Crippen LogP contribution in [0.3, 0.4) is 0 Å². The van der Waals surface area contributed by atoms with Crippen molar-refractivity contribution in [1.29, 1.82) is 0 Å². The van der Waals surface area contributed by atoms with Crippen LogP contribution >= 0.6 is 11.6 Å². The number of rotatable bonds is 9. The lowest BCUT2D eigenvalue weighted by atomic mass is 10.0. The number of likely N-dealkylation sites (tertiary alicyclic amines) is 1. The van der Waals surface area contributed by atoms with E-state index in [2.05, 4.69) is 27.7 Å². The molecule has 2 amide bonds. The second-order valence-electron chi connectivity index (χ2n) is 8.53. The van der Waals surface area contributed by atoms with Crippen molar-refractivity contribution in [3.8, 4) is 0 Å². The van der Waals surface area contributed by atoms with Gasteiger partial charge in [0.1, 0.15) is 6.04 Å². The normalized spacial score (nSPS) is 15.8. The minimum atomic E-state index is -0.779. The summed E-state index contributed by atoms with van der Waals surface area (Å²) in [7, 11) is 0. The van der Waals surface area contributed by atoms with Crippen molar-refractivity contribution in [3.63, 3.8) is 0 Å². The number of amides is 2. The Balaban J connectivity index is 1.69. The van der Waals surface area contributed by atoms with Gasteiger partial charge in [-0.3, -0.25) is 24.6 Å². The first-order chi connectivity index (χ1) is 15.8. The first kappa shape index (κ1) is 24.7. The molecule has 8 nitrogen and oxygen atoms in total. The zero-order chi connectivity index (χ0) is 24.0. The van der Waals surface area contributed by atoms with Crippen LogP contribution in [-0.4, -0.2) is 47.3 Å². The Kier molecular flexibility index (Phi) is 8.41. The van der Waals surface area contributed by atoms with Crippen molar-refractivity contribution in [2.45, 2.75) is 38.8 Å². The summed E-state index contributed by atoms with van der Waals surface area (Å²) in [4.78, 5) is 38.5. The number of nitro groups is 1. The van der Waals surface area contributed by atoms with E-state index in [0.717, 1.165) is 37.6 Å². The van der Waals surface area contributed by atoms with Crippen LogP contribution in [-0.2, 0) is 4.79 Å². The lowest BCUT2D eigenvalue weighted by Crippen LogP contribution is -2.51. The molecule has 0 aliphatic carbocycles. The molecule has 2 N–H and O–H groups in total. The lowest BCUT2D eigenvalue weighted by Gasteiger charge is -2.29. The third-order valence-corrected chi connectivity index (χ3v) is 6.19. The summed E-state index contributed by atoms with van der Waals surface area (Å²) in [5.74, 6) is -1.01. The Labute approximate surface area is 198 Å². The van der Waals surface area contributed by atoms with Gasteiger partial charge in [-0.2, -0.15) is 0 Å². The third-order valence-electron chi connectivity index (χ3n) is 5.88. The van der Waals surface area contributed by atoms with E-state index in [4.69, 9.17) is 11.6 Å². The summed E-state index contributed by atoms with van der Waals surface area (Å²) in [6, 6.07) is 13.0. The molecule has 1 fully saturated rings. The Hall–Kier alpha value is -2.97. The number of halogens is 1. The molecule has 0 spiro atoms. The molecule has 0 radical (unpaired) electrons. The van der Waals surface area contributed by atoms with Crippen molar-refractivity contribution in [3.05, 3.63) is 74.8 Å². The predicted molar refractivity (Wildman–Crippen MR) is 127 cm³/mol. The standard InChI is InChI=1S/C24H29ClN4O4/c1-16(2)22(27-23(30)19-11-10-18(29(32)33)14-20(19)25)24(31)26-15-21(28-12-6-7-13-28)17-8-4-3-5-9-17/h3-5,8-11,14,16,21-22H,6-7,12-13,15H2,1-2H3,(H,26,31)(H,27,30). The lowest BCUT2D eigenvalue weighted by molar-refractivity contribution is -0.384. The Bertz CT molecular complexity index is 993. The van der Waals surface area contributed by atoms with Crippen LogP contribution in [0, 0.1) is 16.0 Å². The Morgan fingerprint density at radius 1 is 1.12 bits per heavy atom. The van der Waals surface area contributed by atoms with Crippen LogP contribution in [0.25, 0.3) is 0 Å². The van der Waals surface area contributed by atoms with Crippen LogP contribution in [0.4, 0.5) is 5.69 Å². The fourth-order valence-corrected chi connectivity index (χ4v) is 4.31. The van der Waals surface area contributed by atoms with Gasteiger partial charge < -0.3 is 10.6 Å². The van der Waals surface area contributed by atoms with Gasteiger partial charge in [-0.05, 0) is 43.5 Å². The van der Waals surface area contributed by atoms with Crippen LogP contribution in [0.15, 0.2) is 48.5 Å². The van der Waals surface area contributed by atoms with Crippen molar-refractivity contribution in [2.75, 3.05) is 19.6 Å². The molecule has 2 atom stereocenters. The smallest absolute Gasteiger partial charge is 0.270 e. The number of hydrogen-bond donors (Lipinski definition) is 2. The summed E-state index contributed by atoms with van der Waals surface area (Å²) in [5, 5.41) is 16.6. The summed E-state index contributed by atoms with van der Waals surface area (Å²) in [5.41, 5.74) is 1.02. The Morgan fingerprint density at radius 3 is 2.36 bits per heavy atom. The van der Waals surface area contributed by atoms with Crippen LogP contribution in [0.5, 0.6) is 0 Å². The molecule has 1 heterocycles. The maximum absolute atomic E-state index is 13.1. The van der Waals surface area contributed by atoms with E-state index in [0.29, 0.717) is 6.54 Å². The van der Waals surface area contributed by atoms with Crippen LogP contribution in [0.2, 0.25) is 5.02 Å². The van der Waals surface area contributed by atoms with Gasteiger partial charge in [0.2, 0.25) is 5.91 Å². The minimum Gasteiger partial charge on any atom is -0.352 e. The molecular weight excluding hydrogens is 444 g/mol. The number of carbonyl (C=O) groups is 2. The van der Waals surface area contributed by atoms with E-state index in [1.165, 1.54) is 12.1 Å². The number of nitro benzene ring substituents is 1. The van der Waals surface area contributed by atoms with E-state index in [1.54, 1.807) is 0 Å². The SMILES string of the molecule is CC(C)C(NC(=O)c1ccc([N+](=O)[O-])cc1Cl)C(=O)NCC(c1ccccc1)N1CCCC1. The van der Waals surface area contributed by atoms with Crippen molar-refractivity contribution < 1.29 is 14.5 Å². The molecule has 2 aromatic carbocycles. The highest BCUT2D eigenvalue weighted by Crippen LogP contribution is 2.25. The van der Waals surface area contributed by atoms with Gasteiger partial charge >= 0.3 is 0 Å². The van der Waals surface area contributed by atoms with E-state index in [-0.39, 0.29) is 34.1 Å². The molecule has 0 saturated carbocycles. The number of hydrogen-bond acceptors (Lipinski definition) is 5. The van der Waals surface area contributed by atoms with Crippen molar-refractivity contribution in [1.82, 2.24) is 15.5 Å². The molecule has 9 heteroatoms. The van der Waals surface area contributed by atoms with Crippen LogP contribution in [0.1, 0.15) is 48.7 Å². The fourth-order valence-electron chi connectivity index (χ4n) is 4.05. The molecule has 3 rings (SSSR count). The number of nitrogens with one attached hydrogen (secondary N) is 2. The summed E-state index contributed by atoms with van der Waals surface area (Å²) in [6.07, 6.45) is 2.27. The number of benzene rings is 2. The Morgan fingerprint density at radius 2 is 1.79 bits per heavy atom. The molecule has 0 aromatic heterocycles. The first-order valence-electron chi connectivity index (χ1n) is 11.1. The fraction of sp³-hybridized carbons (Fsp3) is 0.417. The number of carbonyl (C=O) groups excluding carboxylic acids is 2.